The lowest BCUT2D eigenvalue weighted by Gasteiger charge is -2.25. The fourth-order valence-electron chi connectivity index (χ4n) is 2.21. The SMILES string of the molecule is Cc1ccc(C(C)(N)Cc2ncnn2C(C)C)cc1F. The van der Waals surface area contributed by atoms with E-state index in [2.05, 4.69) is 10.1 Å². The highest BCUT2D eigenvalue weighted by molar-refractivity contribution is 5.29. The molecule has 2 rings (SSSR count). The molecule has 0 aliphatic heterocycles. The molecule has 1 aromatic carbocycles. The number of benzene rings is 1. The van der Waals surface area contributed by atoms with Gasteiger partial charge in [-0.2, -0.15) is 5.10 Å². The molecule has 0 amide bonds. The Balaban J connectivity index is 2.30. The smallest absolute Gasteiger partial charge is 0.138 e. The van der Waals surface area contributed by atoms with Crippen molar-refractivity contribution in [1.82, 2.24) is 14.8 Å². The molecular formula is C15H21FN4. The van der Waals surface area contributed by atoms with Gasteiger partial charge < -0.3 is 5.73 Å². The van der Waals surface area contributed by atoms with Gasteiger partial charge in [-0.15, -0.1) is 0 Å². The van der Waals surface area contributed by atoms with Crippen molar-refractivity contribution in [3.8, 4) is 0 Å². The minimum atomic E-state index is -0.686. The molecule has 0 radical (unpaired) electrons. The van der Waals surface area contributed by atoms with E-state index in [-0.39, 0.29) is 11.9 Å². The van der Waals surface area contributed by atoms with E-state index in [0.717, 1.165) is 11.4 Å². The number of halogens is 1. The van der Waals surface area contributed by atoms with Gasteiger partial charge in [-0.3, -0.25) is 0 Å². The highest BCUT2D eigenvalue weighted by Gasteiger charge is 2.25. The molecule has 1 atom stereocenters. The first kappa shape index (κ1) is 14.7. The van der Waals surface area contributed by atoms with Crippen molar-refractivity contribution >= 4 is 0 Å². The van der Waals surface area contributed by atoms with Gasteiger partial charge in [0.1, 0.15) is 18.0 Å². The van der Waals surface area contributed by atoms with Gasteiger partial charge in [0.15, 0.2) is 0 Å². The molecule has 20 heavy (non-hydrogen) atoms. The number of aryl methyl sites for hydroxylation is 1. The summed E-state index contributed by atoms with van der Waals surface area (Å²) >= 11 is 0. The maximum atomic E-state index is 13.7. The Labute approximate surface area is 118 Å². The van der Waals surface area contributed by atoms with Crippen LogP contribution in [-0.2, 0) is 12.0 Å². The molecule has 5 heteroatoms. The van der Waals surface area contributed by atoms with Crippen molar-refractivity contribution in [2.75, 3.05) is 0 Å². The molecule has 0 spiro atoms. The van der Waals surface area contributed by atoms with Gasteiger partial charge in [-0.05, 0) is 44.9 Å². The summed E-state index contributed by atoms with van der Waals surface area (Å²) in [5.41, 5.74) is 7.07. The second-order valence-corrected chi connectivity index (χ2v) is 5.77. The van der Waals surface area contributed by atoms with Crippen LogP contribution in [0.3, 0.4) is 0 Å². The number of rotatable bonds is 4. The number of nitrogens with zero attached hydrogens (tertiary/aromatic N) is 3. The molecule has 2 aromatic rings. The van der Waals surface area contributed by atoms with Crippen molar-refractivity contribution in [2.45, 2.75) is 45.7 Å². The van der Waals surface area contributed by atoms with Crippen molar-refractivity contribution in [2.24, 2.45) is 5.73 Å². The Hall–Kier alpha value is -1.75. The van der Waals surface area contributed by atoms with Crippen LogP contribution in [0.5, 0.6) is 0 Å². The van der Waals surface area contributed by atoms with Gasteiger partial charge in [-0.25, -0.2) is 14.1 Å². The zero-order valence-electron chi connectivity index (χ0n) is 12.4. The topological polar surface area (TPSA) is 56.7 Å². The number of aromatic nitrogens is 3. The second-order valence-electron chi connectivity index (χ2n) is 5.77. The molecule has 108 valence electrons. The van der Waals surface area contributed by atoms with E-state index >= 15 is 0 Å². The van der Waals surface area contributed by atoms with Crippen LogP contribution >= 0.6 is 0 Å². The van der Waals surface area contributed by atoms with Crippen LogP contribution < -0.4 is 5.73 Å². The van der Waals surface area contributed by atoms with Crippen molar-refractivity contribution in [3.05, 3.63) is 47.3 Å². The highest BCUT2D eigenvalue weighted by Crippen LogP contribution is 2.24. The molecule has 0 saturated heterocycles. The summed E-state index contributed by atoms with van der Waals surface area (Å²) in [6.45, 7) is 7.70. The predicted octanol–water partition coefficient (Wildman–Crippen LogP) is 2.72. The average Bonchev–Trinajstić information content (AvgIpc) is 2.80. The lowest BCUT2D eigenvalue weighted by atomic mass is 9.88. The Morgan fingerprint density at radius 2 is 2.10 bits per heavy atom. The van der Waals surface area contributed by atoms with Crippen molar-refractivity contribution in [3.63, 3.8) is 0 Å². The van der Waals surface area contributed by atoms with E-state index in [4.69, 9.17) is 5.73 Å². The molecule has 2 N–H and O–H groups in total. The molecule has 0 aliphatic carbocycles. The molecule has 4 nitrogen and oxygen atoms in total. The minimum absolute atomic E-state index is 0.220. The summed E-state index contributed by atoms with van der Waals surface area (Å²) in [5.74, 6) is 0.579. The Kier molecular flexibility index (Phi) is 3.90. The second kappa shape index (κ2) is 5.32. The summed E-state index contributed by atoms with van der Waals surface area (Å²) < 4.78 is 15.6. The summed E-state index contributed by atoms with van der Waals surface area (Å²) in [4.78, 5) is 4.27. The van der Waals surface area contributed by atoms with E-state index < -0.39 is 5.54 Å². The van der Waals surface area contributed by atoms with Gasteiger partial charge in [0.25, 0.3) is 0 Å². The van der Waals surface area contributed by atoms with Crippen LogP contribution in [0.15, 0.2) is 24.5 Å². The predicted molar refractivity (Wildman–Crippen MR) is 76.8 cm³/mol. The molecule has 1 heterocycles. The standard InChI is InChI=1S/C15H21FN4/c1-10(2)20-14(18-9-19-20)8-15(4,17)12-6-5-11(3)13(16)7-12/h5-7,9-10H,8,17H2,1-4H3. The van der Waals surface area contributed by atoms with Crippen LogP contribution in [0, 0.1) is 12.7 Å². The molecule has 0 aliphatic rings. The number of nitrogens with two attached hydrogens (primary N) is 1. The quantitative estimate of drug-likeness (QED) is 0.934. The minimum Gasteiger partial charge on any atom is -0.321 e. The van der Waals surface area contributed by atoms with Crippen LogP contribution in [0.1, 0.15) is 43.8 Å². The zero-order chi connectivity index (χ0) is 14.9. The molecule has 1 unspecified atom stereocenters. The Bertz CT molecular complexity index is 602. The third kappa shape index (κ3) is 2.88. The fourth-order valence-corrected chi connectivity index (χ4v) is 2.21. The van der Waals surface area contributed by atoms with Gasteiger partial charge >= 0.3 is 0 Å². The molecule has 0 bridgehead atoms. The maximum Gasteiger partial charge on any atom is 0.138 e. The number of hydrogen-bond acceptors (Lipinski definition) is 3. The first-order valence-corrected chi connectivity index (χ1v) is 6.75. The van der Waals surface area contributed by atoms with E-state index in [1.54, 1.807) is 13.0 Å². The number of hydrogen-bond donors (Lipinski definition) is 1. The van der Waals surface area contributed by atoms with Crippen molar-refractivity contribution < 1.29 is 4.39 Å². The molecule has 0 fully saturated rings. The van der Waals surface area contributed by atoms with E-state index in [1.165, 1.54) is 12.4 Å². The molecule has 0 saturated carbocycles. The lowest BCUT2D eigenvalue weighted by molar-refractivity contribution is 0.431. The van der Waals surface area contributed by atoms with Crippen LogP contribution in [0.2, 0.25) is 0 Å². The van der Waals surface area contributed by atoms with Crippen LogP contribution in [0.25, 0.3) is 0 Å². The van der Waals surface area contributed by atoms with Gasteiger partial charge in [0.2, 0.25) is 0 Å². The Morgan fingerprint density at radius 1 is 1.40 bits per heavy atom. The summed E-state index contributed by atoms with van der Waals surface area (Å²) in [6, 6.07) is 5.35. The van der Waals surface area contributed by atoms with E-state index in [9.17, 15) is 4.39 Å². The van der Waals surface area contributed by atoms with Gasteiger partial charge in [0.05, 0.1) is 0 Å². The largest absolute Gasteiger partial charge is 0.321 e. The van der Waals surface area contributed by atoms with Crippen LogP contribution in [0.4, 0.5) is 4.39 Å². The highest BCUT2D eigenvalue weighted by atomic mass is 19.1. The lowest BCUT2D eigenvalue weighted by Crippen LogP contribution is -2.37. The first-order chi connectivity index (χ1) is 9.31. The monoisotopic (exact) mass is 276 g/mol. The summed E-state index contributed by atoms with van der Waals surface area (Å²) in [5, 5.41) is 4.20. The van der Waals surface area contributed by atoms with E-state index in [1.807, 2.05) is 31.5 Å². The summed E-state index contributed by atoms with van der Waals surface area (Å²) in [6.07, 6.45) is 2.04. The third-order valence-corrected chi connectivity index (χ3v) is 3.49. The fraction of sp³-hybridized carbons (Fsp3) is 0.467. The van der Waals surface area contributed by atoms with Crippen LogP contribution in [-0.4, -0.2) is 14.8 Å². The third-order valence-electron chi connectivity index (χ3n) is 3.49. The normalized spacial score (nSPS) is 14.6. The Morgan fingerprint density at radius 3 is 2.70 bits per heavy atom. The zero-order valence-corrected chi connectivity index (χ0v) is 12.4. The maximum absolute atomic E-state index is 13.7. The molecular weight excluding hydrogens is 255 g/mol. The first-order valence-electron chi connectivity index (χ1n) is 6.75. The van der Waals surface area contributed by atoms with E-state index in [0.29, 0.717) is 12.0 Å². The average molecular weight is 276 g/mol. The summed E-state index contributed by atoms with van der Waals surface area (Å²) in [7, 11) is 0. The van der Waals surface area contributed by atoms with Gasteiger partial charge in [0, 0.05) is 18.0 Å². The van der Waals surface area contributed by atoms with Crippen molar-refractivity contribution in [1.29, 1.82) is 0 Å². The molecule has 1 aromatic heterocycles. The van der Waals surface area contributed by atoms with Gasteiger partial charge in [-0.1, -0.05) is 12.1 Å².